The van der Waals surface area contributed by atoms with Crippen LogP contribution in [0.3, 0.4) is 0 Å². The predicted octanol–water partition coefficient (Wildman–Crippen LogP) is 3.79. The molecule has 6 heteroatoms. The van der Waals surface area contributed by atoms with Crippen molar-refractivity contribution in [1.82, 2.24) is 0 Å². The molecule has 1 heterocycles. The van der Waals surface area contributed by atoms with Crippen molar-refractivity contribution < 1.29 is 9.72 Å². The van der Waals surface area contributed by atoms with Gasteiger partial charge in [-0.2, -0.15) is 0 Å². The highest BCUT2D eigenvalue weighted by atomic mass is 32.1. The van der Waals surface area contributed by atoms with Crippen molar-refractivity contribution in [2.24, 2.45) is 0 Å². The molecule has 3 rings (SSSR count). The highest BCUT2D eigenvalue weighted by Gasteiger charge is 2.17. The van der Waals surface area contributed by atoms with E-state index >= 15 is 0 Å². The van der Waals surface area contributed by atoms with Crippen molar-refractivity contribution in [2.45, 2.75) is 25.7 Å². The molecule has 1 aliphatic rings. The Morgan fingerprint density at radius 3 is 2.81 bits per heavy atom. The maximum atomic E-state index is 12.2. The van der Waals surface area contributed by atoms with Crippen molar-refractivity contribution >= 4 is 28.6 Å². The van der Waals surface area contributed by atoms with Gasteiger partial charge in [0.15, 0.2) is 0 Å². The highest BCUT2D eigenvalue weighted by Crippen LogP contribution is 2.30. The van der Waals surface area contributed by atoms with Crippen LogP contribution in [-0.2, 0) is 12.8 Å². The molecule has 1 amide bonds. The summed E-state index contributed by atoms with van der Waals surface area (Å²) in [6, 6.07) is 7.93. The fourth-order valence-electron chi connectivity index (χ4n) is 2.49. The number of carbonyl (C=O) groups is 1. The Morgan fingerprint density at radius 2 is 2.05 bits per heavy atom. The number of nitro benzene ring substituents is 1. The van der Waals surface area contributed by atoms with E-state index in [0.717, 1.165) is 12.8 Å². The number of aryl methyl sites for hydroxylation is 2. The van der Waals surface area contributed by atoms with Crippen molar-refractivity contribution in [3.8, 4) is 0 Å². The van der Waals surface area contributed by atoms with Crippen LogP contribution in [0.5, 0.6) is 0 Å². The normalized spacial score (nSPS) is 13.5. The SMILES string of the molecule is O=C(Nc1cccc([N+](=O)[O-])c1)c1cc2c(s1)CCCC2. The maximum absolute atomic E-state index is 12.2. The zero-order valence-corrected chi connectivity index (χ0v) is 12.1. The number of benzene rings is 1. The van der Waals surface area contributed by atoms with Gasteiger partial charge < -0.3 is 5.32 Å². The Kier molecular flexibility index (Phi) is 3.70. The van der Waals surface area contributed by atoms with E-state index in [-0.39, 0.29) is 11.6 Å². The summed E-state index contributed by atoms with van der Waals surface area (Å²) in [6.45, 7) is 0. The van der Waals surface area contributed by atoms with Crippen LogP contribution in [0.1, 0.15) is 33.0 Å². The van der Waals surface area contributed by atoms with Gasteiger partial charge in [0.05, 0.1) is 9.80 Å². The van der Waals surface area contributed by atoms with E-state index in [9.17, 15) is 14.9 Å². The summed E-state index contributed by atoms with van der Waals surface area (Å²) in [6.07, 6.45) is 4.44. The zero-order chi connectivity index (χ0) is 14.8. The van der Waals surface area contributed by atoms with Crippen LogP contribution in [0.15, 0.2) is 30.3 Å². The maximum Gasteiger partial charge on any atom is 0.271 e. The molecule has 0 saturated carbocycles. The van der Waals surface area contributed by atoms with E-state index in [1.165, 1.54) is 46.8 Å². The third-order valence-corrected chi connectivity index (χ3v) is 4.77. The van der Waals surface area contributed by atoms with Gasteiger partial charge in [0.2, 0.25) is 0 Å². The van der Waals surface area contributed by atoms with Gasteiger partial charge in [-0.25, -0.2) is 0 Å². The van der Waals surface area contributed by atoms with Crippen LogP contribution in [0.4, 0.5) is 11.4 Å². The van der Waals surface area contributed by atoms with Gasteiger partial charge in [-0.05, 0) is 43.4 Å². The van der Waals surface area contributed by atoms with Gasteiger partial charge in [-0.3, -0.25) is 14.9 Å². The molecule has 0 saturated heterocycles. The number of anilines is 1. The first-order valence-corrected chi connectivity index (χ1v) is 7.62. The summed E-state index contributed by atoms with van der Waals surface area (Å²) in [7, 11) is 0. The number of nitro groups is 1. The number of hydrogen-bond donors (Lipinski definition) is 1. The van der Waals surface area contributed by atoms with Crippen LogP contribution in [0, 0.1) is 10.1 Å². The molecule has 21 heavy (non-hydrogen) atoms. The van der Waals surface area contributed by atoms with E-state index in [4.69, 9.17) is 0 Å². The smallest absolute Gasteiger partial charge is 0.271 e. The van der Waals surface area contributed by atoms with E-state index in [0.29, 0.717) is 10.6 Å². The molecule has 108 valence electrons. The minimum atomic E-state index is -0.473. The Labute approximate surface area is 125 Å². The second kappa shape index (κ2) is 5.65. The number of fused-ring (bicyclic) bond motifs is 1. The molecule has 5 nitrogen and oxygen atoms in total. The number of nitrogens with zero attached hydrogens (tertiary/aromatic N) is 1. The number of thiophene rings is 1. The summed E-state index contributed by atoms with van der Waals surface area (Å²) in [5.74, 6) is -0.199. The summed E-state index contributed by atoms with van der Waals surface area (Å²) in [5.41, 5.74) is 1.69. The predicted molar refractivity (Wildman–Crippen MR) is 82.0 cm³/mol. The lowest BCUT2D eigenvalue weighted by Gasteiger charge is -2.08. The van der Waals surface area contributed by atoms with Gasteiger partial charge in [0, 0.05) is 22.7 Å². The Bertz CT molecular complexity index is 685. The number of amides is 1. The van der Waals surface area contributed by atoms with Gasteiger partial charge in [-0.15, -0.1) is 11.3 Å². The van der Waals surface area contributed by atoms with E-state index in [2.05, 4.69) is 5.32 Å². The molecule has 0 aliphatic heterocycles. The second-order valence-corrected chi connectivity index (χ2v) is 6.16. The standard InChI is InChI=1S/C15H14N2O3S/c18-15(14-8-10-4-1-2-7-13(10)21-14)16-11-5-3-6-12(9-11)17(19)20/h3,5-6,8-9H,1-2,4,7H2,(H,16,18). The molecule has 1 N–H and O–H groups in total. The van der Waals surface area contributed by atoms with Gasteiger partial charge in [0.25, 0.3) is 11.6 Å². The van der Waals surface area contributed by atoms with E-state index in [1.54, 1.807) is 12.1 Å². The number of non-ortho nitro benzene ring substituents is 1. The topological polar surface area (TPSA) is 72.2 Å². The van der Waals surface area contributed by atoms with E-state index in [1.807, 2.05) is 6.07 Å². The molecular weight excluding hydrogens is 288 g/mol. The average molecular weight is 302 g/mol. The van der Waals surface area contributed by atoms with Crippen molar-refractivity contribution in [2.75, 3.05) is 5.32 Å². The summed E-state index contributed by atoms with van der Waals surface area (Å²) < 4.78 is 0. The zero-order valence-electron chi connectivity index (χ0n) is 11.3. The first-order chi connectivity index (χ1) is 10.1. The Hall–Kier alpha value is -2.21. The number of hydrogen-bond acceptors (Lipinski definition) is 4. The quantitative estimate of drug-likeness (QED) is 0.692. The minimum absolute atomic E-state index is 0.0294. The first-order valence-electron chi connectivity index (χ1n) is 6.81. The van der Waals surface area contributed by atoms with E-state index < -0.39 is 4.92 Å². The molecule has 0 unspecified atom stereocenters. The fourth-order valence-corrected chi connectivity index (χ4v) is 3.64. The second-order valence-electron chi connectivity index (χ2n) is 5.03. The molecule has 1 aliphatic carbocycles. The molecule has 1 aromatic carbocycles. The van der Waals surface area contributed by atoms with Crippen molar-refractivity contribution in [3.05, 3.63) is 55.8 Å². The molecule has 0 bridgehead atoms. The monoisotopic (exact) mass is 302 g/mol. The molecule has 0 spiro atoms. The average Bonchev–Trinajstić information content (AvgIpc) is 2.91. The third-order valence-electron chi connectivity index (χ3n) is 3.54. The summed E-state index contributed by atoms with van der Waals surface area (Å²) in [5, 5.41) is 13.5. The lowest BCUT2D eigenvalue weighted by Crippen LogP contribution is -2.10. The minimum Gasteiger partial charge on any atom is -0.321 e. The largest absolute Gasteiger partial charge is 0.321 e. The van der Waals surface area contributed by atoms with Gasteiger partial charge >= 0.3 is 0 Å². The fraction of sp³-hybridized carbons (Fsp3) is 0.267. The lowest BCUT2D eigenvalue weighted by atomic mass is 9.99. The van der Waals surface area contributed by atoms with Crippen LogP contribution in [0.2, 0.25) is 0 Å². The summed E-state index contributed by atoms with van der Waals surface area (Å²) >= 11 is 1.53. The van der Waals surface area contributed by atoms with Crippen LogP contribution >= 0.6 is 11.3 Å². The van der Waals surface area contributed by atoms with Crippen molar-refractivity contribution in [3.63, 3.8) is 0 Å². The summed E-state index contributed by atoms with van der Waals surface area (Å²) in [4.78, 5) is 24.5. The van der Waals surface area contributed by atoms with Crippen LogP contribution in [-0.4, -0.2) is 10.8 Å². The highest BCUT2D eigenvalue weighted by molar-refractivity contribution is 7.14. The Morgan fingerprint density at radius 1 is 1.24 bits per heavy atom. The first kappa shape index (κ1) is 13.8. The number of carbonyl (C=O) groups excluding carboxylic acids is 1. The third kappa shape index (κ3) is 2.95. The van der Waals surface area contributed by atoms with Gasteiger partial charge in [-0.1, -0.05) is 6.07 Å². The van der Waals surface area contributed by atoms with Gasteiger partial charge in [0.1, 0.15) is 0 Å². The van der Waals surface area contributed by atoms with Crippen LogP contribution in [0.25, 0.3) is 0 Å². The van der Waals surface area contributed by atoms with Crippen LogP contribution < -0.4 is 5.32 Å². The molecule has 2 aromatic rings. The van der Waals surface area contributed by atoms with Crippen molar-refractivity contribution in [1.29, 1.82) is 0 Å². The molecular formula is C15H14N2O3S. The lowest BCUT2D eigenvalue weighted by molar-refractivity contribution is -0.384. The number of nitrogens with one attached hydrogen (secondary N) is 1. The molecule has 1 aromatic heterocycles. The molecule has 0 atom stereocenters. The molecule has 0 radical (unpaired) electrons. The Balaban J connectivity index is 1.78. The number of rotatable bonds is 3. The molecule has 0 fully saturated rings.